The molecule has 0 saturated heterocycles. The van der Waals surface area contributed by atoms with E-state index >= 15 is 0 Å². The van der Waals surface area contributed by atoms with Crippen LogP contribution in [0.15, 0.2) is 42.5 Å². The fraction of sp³-hybridized carbons (Fsp3) is 0.391. The molecule has 0 spiro atoms. The summed E-state index contributed by atoms with van der Waals surface area (Å²) in [7, 11) is 3.19. The fourth-order valence-corrected chi connectivity index (χ4v) is 2.81. The molecule has 0 aliphatic heterocycles. The van der Waals surface area contributed by atoms with E-state index in [-0.39, 0.29) is 5.78 Å². The number of methoxy groups -OCH3 is 2. The van der Waals surface area contributed by atoms with Crippen LogP contribution in [0.25, 0.3) is 0 Å². The van der Waals surface area contributed by atoms with Gasteiger partial charge in [0.2, 0.25) is 0 Å². The minimum Gasteiger partial charge on any atom is -0.497 e. The summed E-state index contributed by atoms with van der Waals surface area (Å²) in [6.45, 7) is 5.93. The fourth-order valence-electron chi connectivity index (χ4n) is 2.81. The lowest BCUT2D eigenvalue weighted by atomic mass is 9.99. The number of hydrogen-bond acceptors (Lipinski definition) is 5. The molecule has 0 atom stereocenters. The maximum absolute atomic E-state index is 12.8. The topological polar surface area (TPSA) is 73.9 Å². The average molecular weight is 399 g/mol. The number of ether oxygens (including phenoxy) is 3. The molecular formula is C23H29NO5. The van der Waals surface area contributed by atoms with Crippen molar-refractivity contribution < 1.29 is 23.8 Å². The van der Waals surface area contributed by atoms with E-state index in [1.807, 2.05) is 26.8 Å². The Bertz CT molecular complexity index is 837. The Morgan fingerprint density at radius 3 is 2.17 bits per heavy atom. The molecule has 29 heavy (non-hydrogen) atoms. The van der Waals surface area contributed by atoms with Crippen LogP contribution in [-0.4, -0.2) is 38.2 Å². The SMILES string of the molecule is COc1ccc(C(=O)c2ccc(OC)c(CCCNC(=O)OC(C)(C)C)c2)cc1. The molecule has 1 amide bonds. The third-order valence-corrected chi connectivity index (χ3v) is 4.19. The molecule has 0 heterocycles. The number of amides is 1. The minimum atomic E-state index is -0.524. The Morgan fingerprint density at radius 1 is 0.931 bits per heavy atom. The molecule has 0 fully saturated rings. The molecule has 0 bridgehead atoms. The van der Waals surface area contributed by atoms with Gasteiger partial charge in [-0.25, -0.2) is 4.79 Å². The number of alkyl carbamates (subject to hydrolysis) is 1. The number of ketones is 1. The predicted octanol–water partition coefficient (Wildman–Crippen LogP) is 4.39. The number of benzene rings is 2. The molecule has 6 nitrogen and oxygen atoms in total. The van der Waals surface area contributed by atoms with Crippen LogP contribution in [0.1, 0.15) is 48.7 Å². The molecule has 0 radical (unpaired) electrons. The van der Waals surface area contributed by atoms with E-state index in [9.17, 15) is 9.59 Å². The number of rotatable bonds is 8. The smallest absolute Gasteiger partial charge is 0.407 e. The molecule has 0 aromatic heterocycles. The molecule has 0 aliphatic rings. The average Bonchev–Trinajstić information content (AvgIpc) is 2.69. The Kier molecular flexibility index (Phi) is 7.65. The Balaban J connectivity index is 2.02. The van der Waals surface area contributed by atoms with Crippen molar-refractivity contribution in [2.45, 2.75) is 39.2 Å². The summed E-state index contributed by atoms with van der Waals surface area (Å²) < 4.78 is 15.8. The predicted molar refractivity (Wildman–Crippen MR) is 112 cm³/mol. The molecular weight excluding hydrogens is 370 g/mol. The summed E-state index contributed by atoms with van der Waals surface area (Å²) in [5.41, 5.74) is 1.57. The van der Waals surface area contributed by atoms with Crippen molar-refractivity contribution in [3.63, 3.8) is 0 Å². The van der Waals surface area contributed by atoms with Crippen molar-refractivity contribution in [2.24, 2.45) is 0 Å². The second kappa shape index (κ2) is 9.96. The van der Waals surface area contributed by atoms with E-state index in [0.717, 1.165) is 5.56 Å². The second-order valence-electron chi connectivity index (χ2n) is 7.62. The molecule has 2 rings (SSSR count). The first kappa shape index (κ1) is 22.3. The van der Waals surface area contributed by atoms with Crippen LogP contribution in [0.2, 0.25) is 0 Å². The molecule has 156 valence electrons. The van der Waals surface area contributed by atoms with Gasteiger partial charge in [0, 0.05) is 17.7 Å². The van der Waals surface area contributed by atoms with Crippen LogP contribution < -0.4 is 14.8 Å². The van der Waals surface area contributed by atoms with Gasteiger partial charge in [0.05, 0.1) is 14.2 Å². The molecule has 2 aromatic carbocycles. The summed E-state index contributed by atoms with van der Waals surface area (Å²) in [5.74, 6) is 1.35. The Labute approximate surface area is 172 Å². The number of carbonyl (C=O) groups is 2. The van der Waals surface area contributed by atoms with Crippen molar-refractivity contribution in [1.29, 1.82) is 0 Å². The van der Waals surface area contributed by atoms with E-state index in [4.69, 9.17) is 14.2 Å². The lowest BCUT2D eigenvalue weighted by molar-refractivity contribution is 0.0527. The number of aryl methyl sites for hydroxylation is 1. The van der Waals surface area contributed by atoms with Crippen molar-refractivity contribution >= 4 is 11.9 Å². The highest BCUT2D eigenvalue weighted by atomic mass is 16.6. The maximum atomic E-state index is 12.8. The van der Waals surface area contributed by atoms with E-state index in [1.165, 1.54) is 0 Å². The molecule has 0 aliphatic carbocycles. The standard InChI is InChI=1S/C23H29NO5/c1-23(2,3)29-22(26)24-14-6-7-17-15-18(10-13-20(17)28-5)21(25)16-8-11-19(27-4)12-9-16/h8-13,15H,6-7,14H2,1-5H3,(H,24,26). The summed E-state index contributed by atoms with van der Waals surface area (Å²) in [5, 5.41) is 2.74. The van der Waals surface area contributed by atoms with Crippen LogP contribution in [0, 0.1) is 0 Å². The summed E-state index contributed by atoms with van der Waals surface area (Å²) >= 11 is 0. The highest BCUT2D eigenvalue weighted by Crippen LogP contribution is 2.23. The maximum Gasteiger partial charge on any atom is 0.407 e. The minimum absolute atomic E-state index is 0.0663. The van der Waals surface area contributed by atoms with Gasteiger partial charge in [-0.15, -0.1) is 0 Å². The van der Waals surface area contributed by atoms with Crippen LogP contribution in [-0.2, 0) is 11.2 Å². The lowest BCUT2D eigenvalue weighted by Gasteiger charge is -2.19. The first-order valence-electron chi connectivity index (χ1n) is 9.56. The third kappa shape index (κ3) is 6.82. The zero-order chi connectivity index (χ0) is 21.4. The van der Waals surface area contributed by atoms with Crippen LogP contribution in [0.5, 0.6) is 11.5 Å². The van der Waals surface area contributed by atoms with Crippen LogP contribution in [0.4, 0.5) is 4.79 Å². The Morgan fingerprint density at radius 2 is 1.59 bits per heavy atom. The van der Waals surface area contributed by atoms with Crippen molar-refractivity contribution in [2.75, 3.05) is 20.8 Å². The van der Waals surface area contributed by atoms with Gasteiger partial charge in [0.25, 0.3) is 0 Å². The van der Waals surface area contributed by atoms with Gasteiger partial charge in [-0.3, -0.25) is 4.79 Å². The number of hydrogen-bond donors (Lipinski definition) is 1. The van der Waals surface area contributed by atoms with Crippen LogP contribution in [0.3, 0.4) is 0 Å². The first-order chi connectivity index (χ1) is 13.7. The first-order valence-corrected chi connectivity index (χ1v) is 9.56. The third-order valence-electron chi connectivity index (χ3n) is 4.19. The monoisotopic (exact) mass is 399 g/mol. The highest BCUT2D eigenvalue weighted by molar-refractivity contribution is 6.09. The molecule has 2 aromatic rings. The quantitative estimate of drug-likeness (QED) is 0.526. The van der Waals surface area contributed by atoms with Gasteiger partial charge in [0.1, 0.15) is 17.1 Å². The summed E-state index contributed by atoms with van der Waals surface area (Å²) in [4.78, 5) is 24.5. The van der Waals surface area contributed by atoms with Gasteiger partial charge >= 0.3 is 6.09 Å². The van der Waals surface area contributed by atoms with Gasteiger partial charge in [-0.05, 0) is 81.6 Å². The zero-order valence-corrected chi connectivity index (χ0v) is 17.7. The summed E-state index contributed by atoms with van der Waals surface area (Å²) in [6, 6.07) is 12.4. The molecule has 0 unspecified atom stereocenters. The number of carbonyl (C=O) groups excluding carboxylic acids is 2. The van der Waals surface area contributed by atoms with E-state index in [1.54, 1.807) is 50.6 Å². The van der Waals surface area contributed by atoms with E-state index in [2.05, 4.69) is 5.32 Å². The van der Waals surface area contributed by atoms with Gasteiger partial charge in [-0.2, -0.15) is 0 Å². The van der Waals surface area contributed by atoms with Gasteiger partial charge in [0.15, 0.2) is 5.78 Å². The largest absolute Gasteiger partial charge is 0.497 e. The van der Waals surface area contributed by atoms with Gasteiger partial charge in [-0.1, -0.05) is 0 Å². The molecule has 6 heteroatoms. The molecule has 0 saturated carbocycles. The van der Waals surface area contributed by atoms with Crippen LogP contribution >= 0.6 is 0 Å². The normalized spacial score (nSPS) is 10.9. The van der Waals surface area contributed by atoms with E-state index < -0.39 is 11.7 Å². The lowest BCUT2D eigenvalue weighted by Crippen LogP contribution is -2.33. The number of nitrogens with one attached hydrogen (secondary N) is 1. The van der Waals surface area contributed by atoms with Crippen molar-refractivity contribution in [3.05, 3.63) is 59.2 Å². The van der Waals surface area contributed by atoms with Crippen molar-refractivity contribution in [1.82, 2.24) is 5.32 Å². The second-order valence-corrected chi connectivity index (χ2v) is 7.62. The Hall–Kier alpha value is -3.02. The van der Waals surface area contributed by atoms with Gasteiger partial charge < -0.3 is 19.5 Å². The zero-order valence-electron chi connectivity index (χ0n) is 17.7. The van der Waals surface area contributed by atoms with E-state index in [0.29, 0.717) is 42.0 Å². The highest BCUT2D eigenvalue weighted by Gasteiger charge is 2.16. The summed E-state index contributed by atoms with van der Waals surface area (Å²) in [6.07, 6.45) is 0.909. The molecule has 1 N–H and O–H groups in total. The van der Waals surface area contributed by atoms with Crippen molar-refractivity contribution in [3.8, 4) is 11.5 Å².